The summed E-state index contributed by atoms with van der Waals surface area (Å²) in [6.45, 7) is 10.4. The molecule has 4 nitrogen and oxygen atoms in total. The van der Waals surface area contributed by atoms with Crippen LogP contribution in [0.2, 0.25) is 0 Å². The SMILES string of the molecule is CNCC(=Cc1ccnc(F)c1C)B1OC(C)(C)C(C)(C)O1. The van der Waals surface area contributed by atoms with Crippen LogP contribution in [-0.4, -0.2) is 36.9 Å². The fraction of sp³-hybridized carbons (Fsp3) is 0.562. The zero-order chi connectivity index (χ0) is 16.5. The molecule has 6 heteroatoms. The van der Waals surface area contributed by atoms with Gasteiger partial charge in [0.15, 0.2) is 0 Å². The molecule has 1 N–H and O–H groups in total. The molecule has 1 fully saturated rings. The number of hydrogen-bond donors (Lipinski definition) is 1. The molecule has 22 heavy (non-hydrogen) atoms. The summed E-state index contributed by atoms with van der Waals surface area (Å²) in [6, 6.07) is 1.79. The van der Waals surface area contributed by atoms with Gasteiger partial charge in [0.1, 0.15) is 0 Å². The van der Waals surface area contributed by atoms with E-state index in [1.807, 2.05) is 40.8 Å². The number of nitrogens with zero attached hydrogens (tertiary/aromatic N) is 1. The van der Waals surface area contributed by atoms with Crippen LogP contribution in [0, 0.1) is 12.9 Å². The van der Waals surface area contributed by atoms with Crippen LogP contribution in [0.25, 0.3) is 6.08 Å². The van der Waals surface area contributed by atoms with Gasteiger partial charge in [-0.15, -0.1) is 0 Å². The molecular formula is C16H24BFN2O2. The van der Waals surface area contributed by atoms with Crippen LogP contribution in [0.1, 0.15) is 38.8 Å². The first kappa shape index (κ1) is 17.1. The third-order valence-electron chi connectivity index (χ3n) is 4.46. The van der Waals surface area contributed by atoms with Crippen molar-refractivity contribution in [3.05, 3.63) is 34.8 Å². The molecule has 1 saturated heterocycles. The zero-order valence-electron chi connectivity index (χ0n) is 14.2. The van der Waals surface area contributed by atoms with Gasteiger partial charge in [0.25, 0.3) is 0 Å². The van der Waals surface area contributed by atoms with E-state index in [0.29, 0.717) is 12.1 Å². The second-order valence-electron chi connectivity index (χ2n) is 6.65. The molecule has 0 saturated carbocycles. The smallest absolute Gasteiger partial charge is 0.400 e. The molecule has 2 heterocycles. The molecule has 1 aliphatic heterocycles. The van der Waals surface area contributed by atoms with Crippen LogP contribution in [0.4, 0.5) is 4.39 Å². The highest BCUT2D eigenvalue weighted by molar-refractivity contribution is 6.55. The third-order valence-corrected chi connectivity index (χ3v) is 4.46. The van der Waals surface area contributed by atoms with Gasteiger partial charge >= 0.3 is 7.12 Å². The highest BCUT2D eigenvalue weighted by Gasteiger charge is 2.52. The number of hydrogen-bond acceptors (Lipinski definition) is 4. The van der Waals surface area contributed by atoms with Crippen molar-refractivity contribution in [2.75, 3.05) is 13.6 Å². The zero-order valence-corrected chi connectivity index (χ0v) is 14.2. The number of halogens is 1. The van der Waals surface area contributed by atoms with Crippen LogP contribution >= 0.6 is 0 Å². The Kier molecular flexibility index (Phi) is 4.75. The Morgan fingerprint density at radius 3 is 2.45 bits per heavy atom. The highest BCUT2D eigenvalue weighted by atomic mass is 19.1. The monoisotopic (exact) mass is 306 g/mol. The Labute approximate surface area is 132 Å². The van der Waals surface area contributed by atoms with E-state index in [2.05, 4.69) is 10.3 Å². The van der Waals surface area contributed by atoms with Crippen molar-refractivity contribution in [1.29, 1.82) is 0 Å². The maximum Gasteiger partial charge on any atom is 0.491 e. The minimum atomic E-state index is -0.452. The van der Waals surface area contributed by atoms with Gasteiger partial charge in [0.2, 0.25) is 5.95 Å². The van der Waals surface area contributed by atoms with Crippen LogP contribution in [-0.2, 0) is 9.31 Å². The first-order chi connectivity index (χ1) is 10.2. The summed E-state index contributed by atoms with van der Waals surface area (Å²) in [5.74, 6) is -0.452. The first-order valence-corrected chi connectivity index (χ1v) is 7.50. The summed E-state index contributed by atoms with van der Waals surface area (Å²) < 4.78 is 25.8. The molecule has 0 aromatic carbocycles. The van der Waals surface area contributed by atoms with E-state index in [4.69, 9.17) is 9.31 Å². The number of nitrogens with one attached hydrogen (secondary N) is 1. The van der Waals surface area contributed by atoms with E-state index in [1.54, 1.807) is 13.0 Å². The molecular weight excluding hydrogens is 282 g/mol. The molecule has 0 bridgehead atoms. The molecule has 0 atom stereocenters. The molecule has 0 aliphatic carbocycles. The fourth-order valence-corrected chi connectivity index (χ4v) is 2.28. The normalized spacial score (nSPS) is 20.5. The number of likely N-dealkylation sites (N-methyl/N-ethyl adjacent to an activating group) is 1. The lowest BCUT2D eigenvalue weighted by molar-refractivity contribution is 0.00578. The second kappa shape index (κ2) is 6.10. The molecule has 0 unspecified atom stereocenters. The van der Waals surface area contributed by atoms with Crippen LogP contribution in [0.3, 0.4) is 0 Å². The summed E-state index contributed by atoms with van der Waals surface area (Å²) >= 11 is 0. The van der Waals surface area contributed by atoms with E-state index in [9.17, 15) is 4.39 Å². The van der Waals surface area contributed by atoms with E-state index in [0.717, 1.165) is 11.0 Å². The predicted octanol–water partition coefficient (Wildman–Crippen LogP) is 2.76. The summed E-state index contributed by atoms with van der Waals surface area (Å²) in [7, 11) is 1.41. The lowest BCUT2D eigenvalue weighted by Gasteiger charge is -2.32. The predicted molar refractivity (Wildman–Crippen MR) is 86.9 cm³/mol. The standard InChI is InChI=1S/C16H24BFN2O2/c1-11-12(7-8-20-14(11)18)9-13(10-19-6)17-21-15(2,3)16(4,5)22-17/h7-9,19H,10H2,1-6H3. The topological polar surface area (TPSA) is 43.4 Å². The highest BCUT2D eigenvalue weighted by Crippen LogP contribution is 2.38. The Morgan fingerprint density at radius 1 is 1.32 bits per heavy atom. The molecule has 1 aromatic rings. The fourth-order valence-electron chi connectivity index (χ4n) is 2.28. The molecule has 120 valence electrons. The van der Waals surface area contributed by atoms with Crippen LogP contribution in [0.5, 0.6) is 0 Å². The maximum atomic E-state index is 13.6. The van der Waals surface area contributed by atoms with Gasteiger partial charge in [-0.05, 0) is 58.8 Å². The summed E-state index contributed by atoms with van der Waals surface area (Å²) in [6.07, 6.45) is 3.38. The van der Waals surface area contributed by atoms with Gasteiger partial charge in [-0.1, -0.05) is 6.08 Å². The molecule has 0 radical (unpaired) electrons. The Hall–Kier alpha value is -1.24. The second-order valence-corrected chi connectivity index (χ2v) is 6.65. The average molecular weight is 306 g/mol. The Bertz CT molecular complexity index is 572. The molecule has 1 aliphatic rings. The van der Waals surface area contributed by atoms with Crippen molar-refractivity contribution >= 4 is 13.2 Å². The summed E-state index contributed by atoms with van der Waals surface area (Å²) in [5, 5.41) is 3.12. The summed E-state index contributed by atoms with van der Waals surface area (Å²) in [5.41, 5.74) is 1.43. The third kappa shape index (κ3) is 3.24. The largest absolute Gasteiger partial charge is 0.491 e. The minimum absolute atomic E-state index is 0.400. The van der Waals surface area contributed by atoms with Crippen molar-refractivity contribution in [3.63, 3.8) is 0 Å². The van der Waals surface area contributed by atoms with Gasteiger partial charge in [0, 0.05) is 18.3 Å². The van der Waals surface area contributed by atoms with Crippen molar-refractivity contribution in [2.24, 2.45) is 0 Å². The van der Waals surface area contributed by atoms with Crippen molar-refractivity contribution in [2.45, 2.75) is 45.8 Å². The molecule has 0 spiro atoms. The van der Waals surface area contributed by atoms with Gasteiger partial charge < -0.3 is 14.6 Å². The molecule has 2 rings (SSSR count). The van der Waals surface area contributed by atoms with Gasteiger partial charge in [0.05, 0.1) is 11.2 Å². The van der Waals surface area contributed by atoms with Crippen molar-refractivity contribution < 1.29 is 13.7 Å². The maximum absolute atomic E-state index is 13.6. The van der Waals surface area contributed by atoms with E-state index >= 15 is 0 Å². The van der Waals surface area contributed by atoms with Crippen molar-refractivity contribution in [1.82, 2.24) is 10.3 Å². The van der Waals surface area contributed by atoms with Crippen molar-refractivity contribution in [3.8, 4) is 0 Å². The average Bonchev–Trinajstić information content (AvgIpc) is 2.63. The Morgan fingerprint density at radius 2 is 1.91 bits per heavy atom. The number of rotatable bonds is 4. The van der Waals surface area contributed by atoms with E-state index < -0.39 is 24.3 Å². The molecule has 0 amide bonds. The van der Waals surface area contributed by atoms with Gasteiger partial charge in [-0.3, -0.25) is 0 Å². The van der Waals surface area contributed by atoms with E-state index in [-0.39, 0.29) is 0 Å². The Balaban J connectivity index is 2.35. The lowest BCUT2D eigenvalue weighted by Crippen LogP contribution is -2.41. The summed E-state index contributed by atoms with van der Waals surface area (Å²) in [4.78, 5) is 3.66. The first-order valence-electron chi connectivity index (χ1n) is 7.50. The number of pyridine rings is 1. The number of aromatic nitrogens is 1. The lowest BCUT2D eigenvalue weighted by atomic mass is 9.76. The van der Waals surface area contributed by atoms with Gasteiger partial charge in [-0.25, -0.2) is 4.98 Å². The quantitative estimate of drug-likeness (QED) is 0.686. The van der Waals surface area contributed by atoms with E-state index in [1.165, 1.54) is 6.20 Å². The van der Waals surface area contributed by atoms with Crippen LogP contribution < -0.4 is 5.32 Å². The van der Waals surface area contributed by atoms with Gasteiger partial charge in [-0.2, -0.15) is 4.39 Å². The van der Waals surface area contributed by atoms with Crippen LogP contribution in [0.15, 0.2) is 17.7 Å². The molecule has 1 aromatic heterocycles. The minimum Gasteiger partial charge on any atom is -0.400 e.